The maximum absolute atomic E-state index is 15.6. The predicted octanol–water partition coefficient (Wildman–Crippen LogP) is 9.67. The van der Waals surface area contributed by atoms with Crippen LogP contribution in [0.5, 0.6) is 0 Å². The summed E-state index contributed by atoms with van der Waals surface area (Å²) in [5.74, 6) is -0.202. The fourth-order valence-corrected chi connectivity index (χ4v) is 16.3. The van der Waals surface area contributed by atoms with E-state index >= 15 is 8.42 Å². The third-order valence-electron chi connectivity index (χ3n) is 13.8. The minimum atomic E-state index is -5.28. The summed E-state index contributed by atoms with van der Waals surface area (Å²) in [6, 6.07) is 12.4. The van der Waals surface area contributed by atoms with E-state index in [1.807, 2.05) is 0 Å². The van der Waals surface area contributed by atoms with Crippen LogP contribution in [0.3, 0.4) is 0 Å². The first kappa shape index (κ1) is 53.2. The topological polar surface area (TPSA) is 292 Å². The zero-order valence-corrected chi connectivity index (χ0v) is 44.3. The van der Waals surface area contributed by atoms with Crippen molar-refractivity contribution in [1.29, 1.82) is 0 Å². The number of aryl methyl sites for hydroxylation is 4. The Bertz CT molecular complexity index is 3820. The lowest BCUT2D eigenvalue weighted by Crippen LogP contribution is -2.48. The fraction of sp³-hybridized carbons (Fsp3) is 0.367. The van der Waals surface area contributed by atoms with Crippen LogP contribution in [0.15, 0.2) is 94.6 Å². The molecule has 1 aliphatic heterocycles. The maximum atomic E-state index is 15.6. The first-order valence-electron chi connectivity index (χ1n) is 23.1. The second kappa shape index (κ2) is 19.3. The molecule has 4 aromatic rings. The minimum absolute atomic E-state index is 0.00464. The third kappa shape index (κ3) is 10.1. The molecule has 2 fully saturated rings. The van der Waals surface area contributed by atoms with Crippen molar-refractivity contribution in [3.05, 3.63) is 99.4 Å². The average molecular weight is 1090 g/mol. The second-order valence-corrected chi connectivity index (χ2v) is 26.2. The molecule has 0 bridgehead atoms. The Hall–Kier alpha value is -5.08. The molecule has 8 rings (SSSR count). The smallest absolute Gasteiger partial charge is 0.296 e. The van der Waals surface area contributed by atoms with E-state index in [1.54, 1.807) is 24.2 Å². The van der Waals surface area contributed by atoms with Crippen LogP contribution in [0.25, 0.3) is 33.4 Å². The Morgan fingerprint density at radius 2 is 1.08 bits per heavy atom. The molecule has 386 valence electrons. The van der Waals surface area contributed by atoms with Crippen molar-refractivity contribution in [2.24, 2.45) is 4.99 Å². The lowest BCUT2D eigenvalue weighted by atomic mass is 9.91. The van der Waals surface area contributed by atoms with Gasteiger partial charge in [-0.15, -0.1) is 0 Å². The van der Waals surface area contributed by atoms with Gasteiger partial charge in [-0.2, -0.15) is 38.0 Å². The number of benzene rings is 5. The standard InChI is InChI=1S/C49H55N3O15S5/c1-27-21-29(3)48(71(61,62)63)31(5)46(27)50-38-25-40-36(23-43(38)69(55,56)57)45(35-19-13-14-20-42(35)68(53,54)52(33-15-9-7-10-16-33)34-17-11-8-12-18-34)37-24-44(70(58,59)60)39(26-41(37)67-40)51-47-28(2)22-30(4)49(32(47)6)72(64,65)66/h13-14,19-26,33-34,50H,7-12,15-18H2,1-6H3,(H,55,56,57)(H,58,59,60)(H,61,62,63)(H,64,65,66). The van der Waals surface area contributed by atoms with Gasteiger partial charge in [0.15, 0.2) is 0 Å². The van der Waals surface area contributed by atoms with Crippen molar-refractivity contribution in [2.75, 3.05) is 5.32 Å². The van der Waals surface area contributed by atoms with E-state index in [9.17, 15) is 51.9 Å². The number of hydrogen-bond donors (Lipinski definition) is 5. The van der Waals surface area contributed by atoms with Gasteiger partial charge >= 0.3 is 0 Å². The van der Waals surface area contributed by atoms with Crippen LogP contribution in [-0.2, 0) is 50.5 Å². The van der Waals surface area contributed by atoms with Crippen molar-refractivity contribution in [3.63, 3.8) is 0 Å². The molecule has 4 aliphatic rings. The van der Waals surface area contributed by atoms with E-state index in [4.69, 9.17) is 4.42 Å². The quantitative estimate of drug-likeness (QED) is 0.0563. The predicted molar refractivity (Wildman–Crippen MR) is 270 cm³/mol. The van der Waals surface area contributed by atoms with Gasteiger partial charge in [-0.3, -0.25) is 18.2 Å². The van der Waals surface area contributed by atoms with Crippen LogP contribution < -0.4 is 10.7 Å². The molecule has 3 aliphatic carbocycles. The number of nitrogens with one attached hydrogen (secondary N) is 1. The number of hydrogen-bond acceptors (Lipinski definition) is 13. The number of rotatable bonds is 12. The van der Waals surface area contributed by atoms with E-state index < -0.39 is 75.4 Å². The van der Waals surface area contributed by atoms with Gasteiger partial charge in [0.25, 0.3) is 40.5 Å². The van der Waals surface area contributed by atoms with Crippen LogP contribution in [0.2, 0.25) is 0 Å². The molecule has 0 amide bonds. The Morgan fingerprint density at radius 1 is 0.556 bits per heavy atom. The lowest BCUT2D eigenvalue weighted by molar-refractivity contribution is 0.170. The summed E-state index contributed by atoms with van der Waals surface area (Å²) in [6.07, 6.45) is 7.68. The molecule has 0 aromatic heterocycles. The summed E-state index contributed by atoms with van der Waals surface area (Å²) in [4.78, 5) is 1.75. The van der Waals surface area contributed by atoms with Gasteiger partial charge in [0.2, 0.25) is 10.0 Å². The number of sulfonamides is 1. The Kier molecular flexibility index (Phi) is 14.3. The van der Waals surface area contributed by atoms with Crippen LogP contribution in [0.1, 0.15) is 97.6 Å². The lowest BCUT2D eigenvalue weighted by Gasteiger charge is -2.40. The molecule has 1 heterocycles. The van der Waals surface area contributed by atoms with Gasteiger partial charge in [-0.1, -0.05) is 68.9 Å². The van der Waals surface area contributed by atoms with E-state index in [0.29, 0.717) is 36.8 Å². The zero-order chi connectivity index (χ0) is 52.6. The molecule has 0 unspecified atom stereocenters. The van der Waals surface area contributed by atoms with Crippen molar-refractivity contribution < 1.29 is 64.7 Å². The highest BCUT2D eigenvalue weighted by Crippen LogP contribution is 2.47. The molecule has 0 spiro atoms. The van der Waals surface area contributed by atoms with Gasteiger partial charge in [0.05, 0.1) is 21.6 Å². The third-order valence-corrected chi connectivity index (χ3v) is 19.9. The molecule has 18 nitrogen and oxygen atoms in total. The number of nitrogens with zero attached hydrogens (tertiary/aromatic N) is 2. The van der Waals surface area contributed by atoms with Crippen molar-refractivity contribution in [3.8, 4) is 22.5 Å². The van der Waals surface area contributed by atoms with E-state index in [0.717, 1.165) is 56.7 Å². The highest BCUT2D eigenvalue weighted by Gasteiger charge is 2.40. The molecular formula is C49H55N3O15S5. The molecule has 72 heavy (non-hydrogen) atoms. The van der Waals surface area contributed by atoms with Crippen LogP contribution in [-0.4, -0.2) is 76.7 Å². The van der Waals surface area contributed by atoms with E-state index in [1.165, 1.54) is 64.1 Å². The van der Waals surface area contributed by atoms with Gasteiger partial charge in [-0.25, -0.2) is 13.4 Å². The van der Waals surface area contributed by atoms with Crippen LogP contribution in [0.4, 0.5) is 17.1 Å². The first-order valence-corrected chi connectivity index (χ1v) is 30.3. The van der Waals surface area contributed by atoms with Gasteiger partial charge in [0, 0.05) is 52.0 Å². The summed E-state index contributed by atoms with van der Waals surface area (Å²) in [5, 5.41) is 2.27. The second-order valence-electron chi connectivity index (χ2n) is 18.8. The van der Waals surface area contributed by atoms with E-state index in [2.05, 4.69) is 10.3 Å². The fourth-order valence-electron chi connectivity index (χ4n) is 10.9. The Balaban J connectivity index is 1.52. The van der Waals surface area contributed by atoms with Gasteiger partial charge < -0.3 is 9.73 Å². The molecule has 23 heteroatoms. The molecule has 0 saturated heterocycles. The molecule has 0 atom stereocenters. The van der Waals surface area contributed by atoms with Crippen LogP contribution in [0, 0.1) is 41.5 Å². The Labute approximate surface area is 419 Å². The van der Waals surface area contributed by atoms with Gasteiger partial charge in [0.1, 0.15) is 30.9 Å². The maximum Gasteiger partial charge on any atom is 0.296 e. The Morgan fingerprint density at radius 3 is 1.62 bits per heavy atom. The minimum Gasteiger partial charge on any atom is -0.456 e. The summed E-state index contributed by atoms with van der Waals surface area (Å²) in [6.45, 7) is 8.80. The van der Waals surface area contributed by atoms with Crippen molar-refractivity contribution in [1.82, 2.24) is 4.31 Å². The van der Waals surface area contributed by atoms with E-state index in [-0.39, 0.29) is 89.7 Å². The normalized spacial score (nSPS) is 16.3. The highest BCUT2D eigenvalue weighted by molar-refractivity contribution is 7.89. The number of fused-ring (bicyclic) bond motifs is 2. The average Bonchev–Trinajstić information content (AvgIpc) is 3.26. The summed E-state index contributed by atoms with van der Waals surface area (Å²) >= 11 is 0. The summed E-state index contributed by atoms with van der Waals surface area (Å²) in [5.41, 5.74) is 0.156. The molecule has 0 radical (unpaired) electrons. The number of anilines is 2. The molecule has 4 aromatic carbocycles. The molecule has 2 saturated carbocycles. The van der Waals surface area contributed by atoms with Crippen LogP contribution >= 0.6 is 0 Å². The van der Waals surface area contributed by atoms with Crippen molar-refractivity contribution in [2.45, 2.75) is 142 Å². The molecule has 5 N–H and O–H groups in total. The SMILES string of the molecule is Cc1cc(C)c(S(=O)(=O)O)c(C)c1N=c1cc2oc3cc(Nc4c(C)cc(C)c(S(=O)(=O)O)c4C)c(S(=O)(=O)O)cc3c(-c3ccccc3S(=O)(=O)N(C3CCCCC3)C3CCCCC3)c-2cc1S(=O)(=O)O. The highest BCUT2D eigenvalue weighted by atomic mass is 32.2. The monoisotopic (exact) mass is 1090 g/mol. The summed E-state index contributed by atoms with van der Waals surface area (Å²) in [7, 11) is -24.6. The summed E-state index contributed by atoms with van der Waals surface area (Å²) < 4.78 is 186. The largest absolute Gasteiger partial charge is 0.456 e. The zero-order valence-electron chi connectivity index (χ0n) is 40.2. The van der Waals surface area contributed by atoms with Gasteiger partial charge in [-0.05, 0) is 119 Å². The molecular weight excluding hydrogens is 1030 g/mol. The first-order chi connectivity index (χ1) is 33.5. The van der Waals surface area contributed by atoms with Crippen molar-refractivity contribution >= 4 is 78.5 Å².